The van der Waals surface area contributed by atoms with E-state index < -0.39 is 0 Å². The quantitative estimate of drug-likeness (QED) is 0.735. The summed E-state index contributed by atoms with van der Waals surface area (Å²) >= 11 is 0. The molecule has 0 radical (unpaired) electrons. The molecule has 1 saturated heterocycles. The van der Waals surface area contributed by atoms with Gasteiger partial charge in [-0.15, -0.1) is 0 Å². The van der Waals surface area contributed by atoms with Crippen LogP contribution >= 0.6 is 0 Å². The van der Waals surface area contributed by atoms with Crippen LogP contribution < -0.4 is 10.6 Å². The van der Waals surface area contributed by atoms with E-state index in [1.54, 1.807) is 6.92 Å². The van der Waals surface area contributed by atoms with Gasteiger partial charge in [0.25, 0.3) is 0 Å². The number of piperidine rings is 1. The van der Waals surface area contributed by atoms with E-state index in [1.807, 2.05) is 6.92 Å². The number of rotatable bonds is 5. The first-order valence-electron chi connectivity index (χ1n) is 6.17. The van der Waals surface area contributed by atoms with Crippen LogP contribution in [-0.4, -0.2) is 38.3 Å². The van der Waals surface area contributed by atoms with Crippen LogP contribution in [0.3, 0.4) is 0 Å². The highest BCUT2D eigenvalue weighted by atomic mass is 16.5. The first kappa shape index (κ1) is 13.5. The van der Waals surface area contributed by atoms with E-state index in [4.69, 9.17) is 4.74 Å². The standard InChI is InChI=1S/C12H24N2O2/c1-4-16-10(2)11(15)14-9-12(3)5-7-13-8-6-12/h10,13H,4-9H2,1-3H3,(H,14,15)/t10-/m1/s1. The molecular weight excluding hydrogens is 204 g/mol. The molecule has 0 aromatic heterocycles. The fraction of sp³-hybridized carbons (Fsp3) is 0.917. The van der Waals surface area contributed by atoms with Gasteiger partial charge in [-0.05, 0) is 45.2 Å². The molecule has 0 unspecified atom stereocenters. The van der Waals surface area contributed by atoms with Crippen LogP contribution in [0.4, 0.5) is 0 Å². The SMILES string of the molecule is CCO[C@H](C)C(=O)NCC1(C)CCNCC1. The number of carbonyl (C=O) groups is 1. The third-order valence-corrected chi connectivity index (χ3v) is 3.29. The van der Waals surface area contributed by atoms with Crippen molar-refractivity contribution in [3.05, 3.63) is 0 Å². The smallest absolute Gasteiger partial charge is 0.248 e. The average molecular weight is 228 g/mol. The largest absolute Gasteiger partial charge is 0.369 e. The summed E-state index contributed by atoms with van der Waals surface area (Å²) < 4.78 is 5.25. The van der Waals surface area contributed by atoms with E-state index >= 15 is 0 Å². The molecule has 4 nitrogen and oxygen atoms in total. The van der Waals surface area contributed by atoms with Gasteiger partial charge in [-0.1, -0.05) is 6.92 Å². The lowest BCUT2D eigenvalue weighted by molar-refractivity contribution is -0.132. The highest BCUT2D eigenvalue weighted by Gasteiger charge is 2.27. The normalized spacial score (nSPS) is 21.4. The topological polar surface area (TPSA) is 50.4 Å². The Hall–Kier alpha value is -0.610. The molecule has 0 bridgehead atoms. The van der Waals surface area contributed by atoms with Crippen molar-refractivity contribution < 1.29 is 9.53 Å². The summed E-state index contributed by atoms with van der Waals surface area (Å²) in [7, 11) is 0. The van der Waals surface area contributed by atoms with Gasteiger partial charge >= 0.3 is 0 Å². The predicted octanol–water partition coefficient (Wildman–Crippen LogP) is 0.917. The van der Waals surface area contributed by atoms with Crippen LogP contribution in [0.2, 0.25) is 0 Å². The second kappa shape index (κ2) is 6.21. The molecule has 4 heteroatoms. The zero-order valence-electron chi connectivity index (χ0n) is 10.6. The zero-order chi connectivity index (χ0) is 12.0. The van der Waals surface area contributed by atoms with Crippen molar-refractivity contribution in [1.82, 2.24) is 10.6 Å². The van der Waals surface area contributed by atoms with E-state index in [1.165, 1.54) is 0 Å². The fourth-order valence-corrected chi connectivity index (χ4v) is 1.98. The molecule has 2 N–H and O–H groups in total. The molecule has 94 valence electrons. The molecule has 16 heavy (non-hydrogen) atoms. The van der Waals surface area contributed by atoms with Crippen LogP contribution in [0.5, 0.6) is 0 Å². The molecular formula is C12H24N2O2. The molecule has 1 fully saturated rings. The number of nitrogens with one attached hydrogen (secondary N) is 2. The van der Waals surface area contributed by atoms with Gasteiger partial charge in [-0.25, -0.2) is 0 Å². The Labute approximate surface area is 98.1 Å². The maximum atomic E-state index is 11.7. The molecule has 1 heterocycles. The Balaban J connectivity index is 2.29. The predicted molar refractivity (Wildman–Crippen MR) is 64.3 cm³/mol. The van der Waals surface area contributed by atoms with Gasteiger partial charge < -0.3 is 15.4 Å². The summed E-state index contributed by atoms with van der Waals surface area (Å²) in [5.74, 6) is 0.00149. The van der Waals surface area contributed by atoms with Crippen molar-refractivity contribution in [2.45, 2.75) is 39.7 Å². The molecule has 0 saturated carbocycles. The second-order valence-corrected chi connectivity index (χ2v) is 4.88. The van der Waals surface area contributed by atoms with Gasteiger partial charge in [0.2, 0.25) is 5.91 Å². The number of amides is 1. The zero-order valence-corrected chi connectivity index (χ0v) is 10.6. The molecule has 1 aliphatic heterocycles. The minimum Gasteiger partial charge on any atom is -0.369 e. The fourth-order valence-electron chi connectivity index (χ4n) is 1.98. The maximum absolute atomic E-state index is 11.7. The first-order chi connectivity index (χ1) is 7.57. The van der Waals surface area contributed by atoms with Gasteiger partial charge in [0.15, 0.2) is 0 Å². The summed E-state index contributed by atoms with van der Waals surface area (Å²) in [6.45, 7) is 9.36. The highest BCUT2D eigenvalue weighted by Crippen LogP contribution is 2.26. The van der Waals surface area contributed by atoms with Crippen molar-refractivity contribution >= 4 is 5.91 Å². The Kier molecular flexibility index (Phi) is 5.22. The van der Waals surface area contributed by atoms with Crippen molar-refractivity contribution in [3.63, 3.8) is 0 Å². The summed E-state index contributed by atoms with van der Waals surface area (Å²) in [6, 6.07) is 0. The molecule has 1 amide bonds. The second-order valence-electron chi connectivity index (χ2n) is 4.88. The van der Waals surface area contributed by atoms with Crippen LogP contribution in [0.15, 0.2) is 0 Å². The minimum absolute atomic E-state index is 0.00149. The molecule has 1 rings (SSSR count). The van der Waals surface area contributed by atoms with Gasteiger partial charge in [0.1, 0.15) is 6.10 Å². The molecule has 0 aromatic rings. The van der Waals surface area contributed by atoms with E-state index in [-0.39, 0.29) is 17.4 Å². The van der Waals surface area contributed by atoms with Gasteiger partial charge in [-0.2, -0.15) is 0 Å². The van der Waals surface area contributed by atoms with Gasteiger partial charge in [-0.3, -0.25) is 4.79 Å². The first-order valence-corrected chi connectivity index (χ1v) is 6.17. The summed E-state index contributed by atoms with van der Waals surface area (Å²) in [5.41, 5.74) is 0.243. The minimum atomic E-state index is -0.338. The third kappa shape index (κ3) is 4.10. The Morgan fingerprint density at radius 2 is 2.12 bits per heavy atom. The molecule has 0 aromatic carbocycles. The molecule has 0 spiro atoms. The molecule has 1 aliphatic rings. The molecule has 0 aliphatic carbocycles. The summed E-state index contributed by atoms with van der Waals surface area (Å²) in [5, 5.41) is 6.32. The number of ether oxygens (including phenoxy) is 1. The van der Waals surface area contributed by atoms with E-state index in [9.17, 15) is 4.79 Å². The Morgan fingerprint density at radius 3 is 2.69 bits per heavy atom. The summed E-state index contributed by atoms with van der Waals surface area (Å²) in [4.78, 5) is 11.7. The molecule has 1 atom stereocenters. The van der Waals surface area contributed by atoms with E-state index in [0.29, 0.717) is 6.61 Å². The highest BCUT2D eigenvalue weighted by molar-refractivity contribution is 5.80. The van der Waals surface area contributed by atoms with Gasteiger partial charge in [0, 0.05) is 13.2 Å². The van der Waals surface area contributed by atoms with Gasteiger partial charge in [0.05, 0.1) is 0 Å². The third-order valence-electron chi connectivity index (χ3n) is 3.29. The van der Waals surface area contributed by atoms with Crippen molar-refractivity contribution in [3.8, 4) is 0 Å². The maximum Gasteiger partial charge on any atom is 0.248 e. The summed E-state index contributed by atoms with van der Waals surface area (Å²) in [6.07, 6.45) is 1.90. The Morgan fingerprint density at radius 1 is 1.50 bits per heavy atom. The van der Waals surface area contributed by atoms with Crippen molar-refractivity contribution in [1.29, 1.82) is 0 Å². The van der Waals surface area contributed by atoms with E-state index in [2.05, 4.69) is 17.6 Å². The monoisotopic (exact) mass is 228 g/mol. The van der Waals surface area contributed by atoms with Crippen molar-refractivity contribution in [2.24, 2.45) is 5.41 Å². The van der Waals surface area contributed by atoms with Crippen LogP contribution in [0.25, 0.3) is 0 Å². The van der Waals surface area contributed by atoms with E-state index in [0.717, 1.165) is 32.5 Å². The number of carbonyl (C=O) groups excluding carboxylic acids is 1. The lowest BCUT2D eigenvalue weighted by Gasteiger charge is -2.34. The average Bonchev–Trinajstić information content (AvgIpc) is 2.27. The number of hydrogen-bond acceptors (Lipinski definition) is 3. The number of hydrogen-bond donors (Lipinski definition) is 2. The lowest BCUT2D eigenvalue weighted by Crippen LogP contribution is -2.45. The van der Waals surface area contributed by atoms with Crippen LogP contribution in [0.1, 0.15) is 33.6 Å². The van der Waals surface area contributed by atoms with Crippen LogP contribution in [0, 0.1) is 5.41 Å². The lowest BCUT2D eigenvalue weighted by atomic mass is 9.81. The Bertz CT molecular complexity index is 225. The van der Waals surface area contributed by atoms with Crippen molar-refractivity contribution in [2.75, 3.05) is 26.2 Å². The van der Waals surface area contributed by atoms with Crippen LogP contribution in [-0.2, 0) is 9.53 Å².